The van der Waals surface area contributed by atoms with Crippen molar-refractivity contribution in [3.63, 3.8) is 0 Å². The summed E-state index contributed by atoms with van der Waals surface area (Å²) >= 11 is 0. The molecule has 1 saturated carbocycles. The first-order valence-corrected chi connectivity index (χ1v) is 12.0. The van der Waals surface area contributed by atoms with Gasteiger partial charge in [0, 0.05) is 5.41 Å². The van der Waals surface area contributed by atoms with E-state index >= 15 is 0 Å². The fraction of sp³-hybridized carbons (Fsp3) is 0.367. The quantitative estimate of drug-likeness (QED) is 0.357. The third kappa shape index (κ3) is 3.98. The van der Waals surface area contributed by atoms with E-state index in [1.807, 2.05) is 80.6 Å². The lowest BCUT2D eigenvalue weighted by Gasteiger charge is -2.38. The minimum Gasteiger partial charge on any atom is -0.497 e. The maximum Gasteiger partial charge on any atom is 0.307 e. The number of carboxylic acid groups (broad SMARTS) is 1. The van der Waals surface area contributed by atoms with E-state index in [0.717, 1.165) is 28.2 Å². The zero-order valence-corrected chi connectivity index (χ0v) is 21.1. The first-order valence-electron chi connectivity index (χ1n) is 12.0. The molecule has 1 N–H and O–H groups in total. The van der Waals surface area contributed by atoms with Crippen LogP contribution in [0.25, 0.3) is 0 Å². The van der Waals surface area contributed by atoms with Crippen molar-refractivity contribution in [3.8, 4) is 11.5 Å². The Morgan fingerprint density at radius 1 is 0.829 bits per heavy atom. The fourth-order valence-electron chi connectivity index (χ4n) is 5.83. The Labute approximate surface area is 207 Å². The molecule has 0 aliphatic heterocycles. The van der Waals surface area contributed by atoms with Crippen molar-refractivity contribution in [2.45, 2.75) is 32.8 Å². The molecule has 0 spiro atoms. The van der Waals surface area contributed by atoms with Crippen LogP contribution in [0, 0.1) is 16.7 Å². The minimum absolute atomic E-state index is 0.306. The van der Waals surface area contributed by atoms with Crippen molar-refractivity contribution in [1.82, 2.24) is 0 Å². The SMILES string of the molecule is CCC1(COC(c2ccccc2)(c2ccc(OC)cc2)c2ccc(OC)cc2)C(C(=O)O)C1(C)C. The third-order valence-corrected chi connectivity index (χ3v) is 8.07. The molecule has 184 valence electrons. The highest BCUT2D eigenvalue weighted by molar-refractivity contribution is 5.77. The Kier molecular flexibility index (Phi) is 6.65. The zero-order chi connectivity index (χ0) is 25.3. The van der Waals surface area contributed by atoms with Crippen LogP contribution in [-0.4, -0.2) is 31.9 Å². The maximum atomic E-state index is 12.1. The van der Waals surface area contributed by atoms with E-state index in [2.05, 4.69) is 19.1 Å². The van der Waals surface area contributed by atoms with E-state index in [-0.39, 0.29) is 5.41 Å². The number of hydrogen-bond donors (Lipinski definition) is 1. The Hall–Kier alpha value is -3.31. The summed E-state index contributed by atoms with van der Waals surface area (Å²) in [5, 5.41) is 9.97. The van der Waals surface area contributed by atoms with E-state index in [1.54, 1.807) is 14.2 Å². The van der Waals surface area contributed by atoms with Crippen molar-refractivity contribution < 1.29 is 24.1 Å². The molecule has 0 heterocycles. The van der Waals surface area contributed by atoms with Gasteiger partial charge in [-0.25, -0.2) is 0 Å². The second-order valence-corrected chi connectivity index (χ2v) is 9.80. The van der Waals surface area contributed by atoms with Crippen LogP contribution in [0.3, 0.4) is 0 Å². The van der Waals surface area contributed by atoms with Crippen LogP contribution in [0.4, 0.5) is 0 Å². The molecule has 0 radical (unpaired) electrons. The zero-order valence-electron chi connectivity index (χ0n) is 21.1. The van der Waals surface area contributed by atoms with E-state index in [9.17, 15) is 9.90 Å². The topological polar surface area (TPSA) is 65.0 Å². The second-order valence-electron chi connectivity index (χ2n) is 9.80. The molecule has 35 heavy (non-hydrogen) atoms. The van der Waals surface area contributed by atoms with E-state index in [1.165, 1.54) is 0 Å². The monoisotopic (exact) mass is 474 g/mol. The van der Waals surface area contributed by atoms with Gasteiger partial charge in [0.1, 0.15) is 17.1 Å². The molecule has 1 fully saturated rings. The predicted octanol–water partition coefficient (Wildman–Crippen LogP) is 6.15. The van der Waals surface area contributed by atoms with Crippen LogP contribution in [0.2, 0.25) is 0 Å². The molecule has 3 aromatic rings. The molecule has 0 amide bonds. The van der Waals surface area contributed by atoms with Gasteiger partial charge in [0.2, 0.25) is 0 Å². The van der Waals surface area contributed by atoms with Crippen LogP contribution in [0.1, 0.15) is 43.9 Å². The first-order chi connectivity index (χ1) is 16.8. The number of benzene rings is 3. The van der Waals surface area contributed by atoms with Crippen LogP contribution in [-0.2, 0) is 15.1 Å². The Balaban J connectivity index is 1.89. The van der Waals surface area contributed by atoms with Gasteiger partial charge < -0.3 is 19.3 Å². The van der Waals surface area contributed by atoms with Crippen molar-refractivity contribution >= 4 is 5.97 Å². The van der Waals surface area contributed by atoms with E-state index in [0.29, 0.717) is 13.0 Å². The van der Waals surface area contributed by atoms with Gasteiger partial charge in [0.15, 0.2) is 0 Å². The van der Waals surface area contributed by atoms with Crippen molar-refractivity contribution in [2.24, 2.45) is 16.7 Å². The number of hydrogen-bond acceptors (Lipinski definition) is 4. The van der Waals surface area contributed by atoms with Gasteiger partial charge in [-0.2, -0.15) is 0 Å². The van der Waals surface area contributed by atoms with Gasteiger partial charge in [0.05, 0.1) is 26.7 Å². The summed E-state index contributed by atoms with van der Waals surface area (Å²) in [4.78, 5) is 12.1. The molecule has 5 heteroatoms. The number of aliphatic carboxylic acids is 1. The molecule has 2 unspecified atom stereocenters. The number of carbonyl (C=O) groups is 1. The molecular formula is C30H34O5. The lowest BCUT2D eigenvalue weighted by molar-refractivity contribution is -0.140. The van der Waals surface area contributed by atoms with Crippen LogP contribution >= 0.6 is 0 Å². The van der Waals surface area contributed by atoms with Crippen LogP contribution < -0.4 is 9.47 Å². The van der Waals surface area contributed by atoms with Gasteiger partial charge in [-0.1, -0.05) is 75.4 Å². The van der Waals surface area contributed by atoms with Crippen molar-refractivity contribution in [3.05, 3.63) is 95.6 Å². The molecule has 1 aliphatic rings. The third-order valence-electron chi connectivity index (χ3n) is 8.07. The summed E-state index contributed by atoms with van der Waals surface area (Å²) in [5.41, 5.74) is 1.06. The molecule has 1 aliphatic carbocycles. The van der Waals surface area contributed by atoms with Crippen LogP contribution in [0.15, 0.2) is 78.9 Å². The molecule has 0 aromatic heterocycles. The largest absolute Gasteiger partial charge is 0.497 e. The molecule has 0 bridgehead atoms. The van der Waals surface area contributed by atoms with Crippen molar-refractivity contribution in [1.29, 1.82) is 0 Å². The molecule has 0 saturated heterocycles. The molecule has 4 rings (SSSR count). The van der Waals surface area contributed by atoms with Gasteiger partial charge in [-0.15, -0.1) is 0 Å². The highest BCUT2D eigenvalue weighted by Gasteiger charge is 2.73. The van der Waals surface area contributed by atoms with Gasteiger partial charge >= 0.3 is 5.97 Å². The Bertz CT molecular complexity index is 1100. The number of rotatable bonds is 10. The second kappa shape index (κ2) is 9.38. The highest BCUT2D eigenvalue weighted by Crippen LogP contribution is 2.71. The van der Waals surface area contributed by atoms with E-state index in [4.69, 9.17) is 14.2 Å². The molecule has 5 nitrogen and oxygen atoms in total. The van der Waals surface area contributed by atoms with Crippen molar-refractivity contribution in [2.75, 3.05) is 20.8 Å². The lowest BCUT2D eigenvalue weighted by atomic mass is 9.79. The molecular weight excluding hydrogens is 440 g/mol. The first kappa shape index (κ1) is 24.8. The number of carboxylic acids is 1. The Morgan fingerprint density at radius 3 is 1.66 bits per heavy atom. The fourth-order valence-corrected chi connectivity index (χ4v) is 5.83. The average Bonchev–Trinajstić information content (AvgIpc) is 3.40. The summed E-state index contributed by atoms with van der Waals surface area (Å²) < 4.78 is 17.8. The number of ether oxygens (including phenoxy) is 3. The number of methoxy groups -OCH3 is 2. The van der Waals surface area contributed by atoms with Gasteiger partial charge in [0.25, 0.3) is 0 Å². The smallest absolute Gasteiger partial charge is 0.307 e. The Morgan fingerprint density at radius 2 is 1.29 bits per heavy atom. The normalized spacial score (nSPS) is 20.8. The van der Waals surface area contributed by atoms with Gasteiger partial charge in [-0.05, 0) is 52.8 Å². The highest BCUT2D eigenvalue weighted by atomic mass is 16.5. The molecule has 3 aromatic carbocycles. The summed E-state index contributed by atoms with van der Waals surface area (Å²) in [6.07, 6.45) is 0.715. The minimum atomic E-state index is -0.955. The summed E-state index contributed by atoms with van der Waals surface area (Å²) in [7, 11) is 3.29. The lowest BCUT2D eigenvalue weighted by Crippen LogP contribution is -2.36. The predicted molar refractivity (Wildman–Crippen MR) is 136 cm³/mol. The van der Waals surface area contributed by atoms with Crippen LogP contribution in [0.5, 0.6) is 11.5 Å². The molecule has 2 atom stereocenters. The standard InChI is InChI=1S/C30H34O5/c1-6-29(26(27(31)32)28(29,2)3)20-35-30(21-10-8-7-9-11-21,22-12-16-24(33-4)17-13-22)23-14-18-25(34-5)19-15-23/h7-19,26H,6,20H2,1-5H3,(H,31,32). The summed E-state index contributed by atoms with van der Waals surface area (Å²) in [6, 6.07) is 25.9. The summed E-state index contributed by atoms with van der Waals surface area (Å²) in [5.74, 6) is 0.286. The maximum absolute atomic E-state index is 12.1. The summed E-state index contributed by atoms with van der Waals surface area (Å²) in [6.45, 7) is 6.42. The van der Waals surface area contributed by atoms with E-state index < -0.39 is 22.9 Å². The van der Waals surface area contributed by atoms with Gasteiger partial charge in [-0.3, -0.25) is 4.79 Å². The average molecular weight is 475 g/mol.